The van der Waals surface area contributed by atoms with Crippen LogP contribution in [-0.2, 0) is 0 Å². The summed E-state index contributed by atoms with van der Waals surface area (Å²) >= 11 is 0. The first-order chi connectivity index (χ1) is 11.8. The first-order valence-electron chi connectivity index (χ1n) is 8.50. The summed E-state index contributed by atoms with van der Waals surface area (Å²) in [5.41, 5.74) is 10.4. The topological polar surface area (TPSA) is 76.8 Å². The van der Waals surface area contributed by atoms with Gasteiger partial charge in [0.15, 0.2) is 0 Å². The third-order valence-corrected chi connectivity index (χ3v) is 5.04. The van der Waals surface area contributed by atoms with Crippen LogP contribution in [0.3, 0.4) is 0 Å². The highest BCUT2D eigenvalue weighted by molar-refractivity contribution is 5.86. The van der Waals surface area contributed by atoms with Gasteiger partial charge in [-0.25, -0.2) is 4.98 Å². The molecule has 0 saturated heterocycles. The van der Waals surface area contributed by atoms with Crippen LogP contribution in [-0.4, -0.2) is 22.1 Å². The van der Waals surface area contributed by atoms with Gasteiger partial charge in [0.05, 0.1) is 24.2 Å². The Kier molecular flexibility index (Phi) is 3.94. The second-order valence-electron chi connectivity index (χ2n) is 6.50. The summed E-state index contributed by atoms with van der Waals surface area (Å²) in [5.74, 6) is 2.23. The average molecular weight is 322 g/mol. The summed E-state index contributed by atoms with van der Waals surface area (Å²) in [6.45, 7) is 0. The van der Waals surface area contributed by atoms with E-state index in [2.05, 4.69) is 16.0 Å². The zero-order chi connectivity index (χ0) is 16.5. The third kappa shape index (κ3) is 2.65. The summed E-state index contributed by atoms with van der Waals surface area (Å²) in [6.07, 6.45) is 8.51. The number of ether oxygens (including phenoxy) is 1. The van der Waals surface area contributed by atoms with Crippen LogP contribution in [0.25, 0.3) is 22.2 Å². The number of aromatic amines is 1. The number of nitrogens with two attached hydrogens (primary N) is 1. The van der Waals surface area contributed by atoms with Crippen LogP contribution in [0, 0.1) is 5.92 Å². The lowest BCUT2D eigenvalue weighted by Gasteiger charge is -2.15. The molecule has 3 aromatic rings. The third-order valence-electron chi connectivity index (χ3n) is 5.04. The average Bonchev–Trinajstić information content (AvgIpc) is 3.30. The van der Waals surface area contributed by atoms with Gasteiger partial charge in [0.1, 0.15) is 11.6 Å². The predicted octanol–water partition coefficient (Wildman–Crippen LogP) is 3.82. The highest BCUT2D eigenvalue weighted by Crippen LogP contribution is 2.36. The Bertz CT molecular complexity index is 837. The molecule has 0 aliphatic heterocycles. The summed E-state index contributed by atoms with van der Waals surface area (Å²) in [4.78, 5) is 12.2. The molecule has 1 atom stereocenters. The molecular weight excluding hydrogens is 300 g/mol. The molecule has 24 heavy (non-hydrogen) atoms. The van der Waals surface area contributed by atoms with Crippen LogP contribution >= 0.6 is 0 Å². The molecular formula is C19H22N4O. The van der Waals surface area contributed by atoms with Gasteiger partial charge in [-0.1, -0.05) is 12.8 Å². The number of nitrogens with one attached hydrogen (secondary N) is 1. The number of methoxy groups -OCH3 is 1. The lowest BCUT2D eigenvalue weighted by Crippen LogP contribution is -2.20. The van der Waals surface area contributed by atoms with Crippen molar-refractivity contribution in [3.63, 3.8) is 0 Å². The van der Waals surface area contributed by atoms with Gasteiger partial charge in [-0.15, -0.1) is 0 Å². The van der Waals surface area contributed by atoms with E-state index in [-0.39, 0.29) is 6.04 Å². The van der Waals surface area contributed by atoms with E-state index < -0.39 is 0 Å². The van der Waals surface area contributed by atoms with Crippen LogP contribution in [0.5, 0.6) is 5.75 Å². The molecule has 124 valence electrons. The number of H-pyrrole nitrogens is 1. The van der Waals surface area contributed by atoms with Gasteiger partial charge in [0, 0.05) is 24.0 Å². The molecule has 1 aliphatic rings. The Labute approximate surface area is 141 Å². The molecule has 1 fully saturated rings. The zero-order valence-corrected chi connectivity index (χ0v) is 13.8. The molecule has 5 heteroatoms. The summed E-state index contributed by atoms with van der Waals surface area (Å²) in [7, 11) is 1.69. The molecule has 0 bridgehead atoms. The molecule has 0 unspecified atom stereocenters. The fourth-order valence-electron chi connectivity index (χ4n) is 3.68. The van der Waals surface area contributed by atoms with Crippen molar-refractivity contribution in [3.05, 3.63) is 42.5 Å². The number of fused-ring (bicyclic) bond motifs is 1. The molecule has 1 saturated carbocycles. The number of rotatable bonds is 4. The minimum Gasteiger partial charge on any atom is -0.496 e. The molecule has 0 spiro atoms. The number of hydrogen-bond acceptors (Lipinski definition) is 4. The highest BCUT2D eigenvalue weighted by Gasteiger charge is 2.25. The van der Waals surface area contributed by atoms with E-state index in [1.54, 1.807) is 19.5 Å². The largest absolute Gasteiger partial charge is 0.496 e. The van der Waals surface area contributed by atoms with Gasteiger partial charge >= 0.3 is 0 Å². The van der Waals surface area contributed by atoms with E-state index in [9.17, 15) is 0 Å². The molecule has 1 aliphatic carbocycles. The fourth-order valence-corrected chi connectivity index (χ4v) is 3.68. The lowest BCUT2D eigenvalue weighted by molar-refractivity contribution is 0.417. The van der Waals surface area contributed by atoms with E-state index in [1.165, 1.54) is 25.7 Å². The van der Waals surface area contributed by atoms with Crippen molar-refractivity contribution in [1.82, 2.24) is 15.0 Å². The SMILES string of the molecule is COc1cc2[nH]c([C@H](N)C3CCCC3)nc2cc1-c1ccncc1. The Hall–Kier alpha value is -2.40. The molecule has 4 rings (SSSR count). The Balaban J connectivity index is 1.76. The van der Waals surface area contributed by atoms with E-state index in [0.29, 0.717) is 5.92 Å². The van der Waals surface area contributed by atoms with Crippen molar-refractivity contribution in [3.8, 4) is 16.9 Å². The summed E-state index contributed by atoms with van der Waals surface area (Å²) < 4.78 is 5.58. The smallest absolute Gasteiger partial charge is 0.128 e. The van der Waals surface area contributed by atoms with Crippen LogP contribution in [0.4, 0.5) is 0 Å². The maximum absolute atomic E-state index is 6.45. The molecule has 0 radical (unpaired) electrons. The van der Waals surface area contributed by atoms with Crippen LogP contribution in [0.1, 0.15) is 37.5 Å². The molecule has 5 nitrogen and oxygen atoms in total. The second kappa shape index (κ2) is 6.24. The van der Waals surface area contributed by atoms with Crippen LogP contribution < -0.4 is 10.5 Å². The number of nitrogens with zero attached hydrogens (tertiary/aromatic N) is 2. The second-order valence-corrected chi connectivity index (χ2v) is 6.50. The van der Waals surface area contributed by atoms with Crippen molar-refractivity contribution in [1.29, 1.82) is 0 Å². The van der Waals surface area contributed by atoms with Crippen LogP contribution in [0.15, 0.2) is 36.7 Å². The minimum atomic E-state index is -0.0183. The van der Waals surface area contributed by atoms with Crippen molar-refractivity contribution in [2.75, 3.05) is 7.11 Å². The zero-order valence-electron chi connectivity index (χ0n) is 13.8. The molecule has 1 aromatic carbocycles. The monoisotopic (exact) mass is 322 g/mol. The normalized spacial score (nSPS) is 16.6. The van der Waals surface area contributed by atoms with E-state index in [4.69, 9.17) is 15.5 Å². The molecule has 2 aromatic heterocycles. The van der Waals surface area contributed by atoms with Crippen molar-refractivity contribution in [2.45, 2.75) is 31.7 Å². The van der Waals surface area contributed by atoms with Crippen molar-refractivity contribution >= 4 is 11.0 Å². The van der Waals surface area contributed by atoms with E-state index in [1.807, 2.05) is 18.2 Å². The van der Waals surface area contributed by atoms with E-state index >= 15 is 0 Å². The minimum absolute atomic E-state index is 0.0183. The van der Waals surface area contributed by atoms with Gasteiger partial charge in [-0.3, -0.25) is 4.98 Å². The number of pyridine rings is 1. The van der Waals surface area contributed by atoms with Gasteiger partial charge < -0.3 is 15.5 Å². The standard InChI is InChI=1S/C19H22N4O/c1-24-17-11-16-15(10-14(17)12-6-8-21-9-7-12)22-19(23-16)18(20)13-4-2-3-5-13/h6-11,13,18H,2-5,20H2,1H3,(H,22,23)/t18-/m1/s1. The van der Waals surface area contributed by atoms with Gasteiger partial charge in [0.25, 0.3) is 0 Å². The van der Waals surface area contributed by atoms with Gasteiger partial charge in [-0.05, 0) is 42.5 Å². The number of hydrogen-bond donors (Lipinski definition) is 2. The summed E-state index contributed by atoms with van der Waals surface area (Å²) in [6, 6.07) is 7.99. The molecule has 0 amide bonds. The van der Waals surface area contributed by atoms with Crippen molar-refractivity contribution in [2.24, 2.45) is 11.7 Å². The van der Waals surface area contributed by atoms with Crippen LogP contribution in [0.2, 0.25) is 0 Å². The Morgan fingerprint density at radius 1 is 1.21 bits per heavy atom. The number of benzene rings is 1. The van der Waals surface area contributed by atoms with Gasteiger partial charge in [0.2, 0.25) is 0 Å². The molecule has 2 heterocycles. The Morgan fingerprint density at radius 3 is 2.67 bits per heavy atom. The number of imidazole rings is 1. The Morgan fingerprint density at radius 2 is 1.96 bits per heavy atom. The van der Waals surface area contributed by atoms with E-state index in [0.717, 1.165) is 33.7 Å². The molecule has 3 N–H and O–H groups in total. The summed E-state index contributed by atoms with van der Waals surface area (Å²) in [5, 5.41) is 0. The number of aromatic nitrogens is 3. The lowest BCUT2D eigenvalue weighted by atomic mass is 9.99. The maximum Gasteiger partial charge on any atom is 0.128 e. The first-order valence-corrected chi connectivity index (χ1v) is 8.50. The quantitative estimate of drug-likeness (QED) is 0.765. The fraction of sp³-hybridized carbons (Fsp3) is 0.368. The predicted molar refractivity (Wildman–Crippen MR) is 94.8 cm³/mol. The highest BCUT2D eigenvalue weighted by atomic mass is 16.5. The van der Waals surface area contributed by atoms with Gasteiger partial charge in [-0.2, -0.15) is 0 Å². The van der Waals surface area contributed by atoms with Crippen molar-refractivity contribution < 1.29 is 4.74 Å². The maximum atomic E-state index is 6.45. The first kappa shape index (κ1) is 15.1.